The van der Waals surface area contributed by atoms with Crippen LogP contribution in [0.5, 0.6) is 0 Å². The molecule has 0 radical (unpaired) electrons. The maximum Gasteiger partial charge on any atom is 0.240 e. The van der Waals surface area contributed by atoms with Crippen molar-refractivity contribution >= 4 is 44.8 Å². The zero-order valence-corrected chi connectivity index (χ0v) is 16.3. The molecule has 0 saturated carbocycles. The second kappa shape index (κ2) is 9.05. The molecule has 140 valence electrons. The van der Waals surface area contributed by atoms with Crippen LogP contribution in [0.25, 0.3) is 0 Å². The molecule has 1 aliphatic heterocycles. The van der Waals surface area contributed by atoms with Crippen LogP contribution in [0.4, 0.5) is 5.69 Å². The lowest BCUT2D eigenvalue weighted by atomic mass is 10.3. The molecule has 0 spiro atoms. The summed E-state index contributed by atoms with van der Waals surface area (Å²) in [6, 6.07) is 4.65. The summed E-state index contributed by atoms with van der Waals surface area (Å²) in [6.45, 7) is 4.14. The number of carbonyl (C=O) groups excluding carboxylic acids is 1. The minimum absolute atomic E-state index is 0.0974. The third kappa shape index (κ3) is 6.00. The molecule has 25 heavy (non-hydrogen) atoms. The van der Waals surface area contributed by atoms with E-state index in [4.69, 9.17) is 27.9 Å². The van der Waals surface area contributed by atoms with Gasteiger partial charge in [0.15, 0.2) is 0 Å². The molecular formula is C15H22Cl2N3O4S+. The number of amides is 1. The van der Waals surface area contributed by atoms with Crippen LogP contribution in [0.2, 0.25) is 10.0 Å². The van der Waals surface area contributed by atoms with Gasteiger partial charge in [-0.2, -0.15) is 0 Å². The van der Waals surface area contributed by atoms with Gasteiger partial charge in [0, 0.05) is 0 Å². The van der Waals surface area contributed by atoms with Crippen molar-refractivity contribution in [2.45, 2.75) is 0 Å². The molecule has 0 aromatic heterocycles. The summed E-state index contributed by atoms with van der Waals surface area (Å²) in [5, 5.41) is 3.08. The first-order valence-corrected chi connectivity index (χ1v) is 10.5. The molecule has 0 atom stereocenters. The number of nitrogens with one attached hydrogen (secondary N) is 2. The number of sulfonamides is 1. The number of nitrogens with zero attached hydrogens (tertiary/aromatic N) is 1. The largest absolute Gasteiger partial charge is 0.370 e. The van der Waals surface area contributed by atoms with E-state index in [9.17, 15) is 13.2 Å². The van der Waals surface area contributed by atoms with Gasteiger partial charge in [0.05, 0.1) is 48.3 Å². The third-order valence-corrected chi connectivity index (χ3v) is 5.82. The molecule has 0 aliphatic carbocycles. The lowest BCUT2D eigenvalue weighted by molar-refractivity contribution is -0.906. The van der Waals surface area contributed by atoms with E-state index < -0.39 is 15.9 Å². The Morgan fingerprint density at radius 1 is 1.32 bits per heavy atom. The maximum atomic E-state index is 12.2. The van der Waals surface area contributed by atoms with Gasteiger partial charge in [0.25, 0.3) is 0 Å². The van der Waals surface area contributed by atoms with Crippen molar-refractivity contribution in [1.82, 2.24) is 5.32 Å². The Kier molecular flexibility index (Phi) is 7.33. The Bertz CT molecular complexity index is 709. The highest BCUT2D eigenvalue weighted by Gasteiger charge is 2.24. The summed E-state index contributed by atoms with van der Waals surface area (Å²) < 4.78 is 30.4. The molecule has 1 aromatic carbocycles. The van der Waals surface area contributed by atoms with E-state index in [2.05, 4.69) is 5.32 Å². The van der Waals surface area contributed by atoms with Crippen LogP contribution in [0.1, 0.15) is 0 Å². The molecule has 2 N–H and O–H groups in total. The number of quaternary nitrogens is 1. The van der Waals surface area contributed by atoms with Gasteiger partial charge < -0.3 is 15.0 Å². The molecule has 0 bridgehead atoms. The first kappa shape index (κ1) is 20.3. The fourth-order valence-electron chi connectivity index (χ4n) is 2.54. The predicted molar refractivity (Wildman–Crippen MR) is 98.0 cm³/mol. The number of halogens is 2. The maximum absolute atomic E-state index is 12.2. The van der Waals surface area contributed by atoms with Gasteiger partial charge in [0.1, 0.15) is 19.6 Å². The summed E-state index contributed by atoms with van der Waals surface area (Å²) in [6.07, 6.45) is 1.02. The molecule has 1 aliphatic rings. The number of rotatable bonds is 7. The van der Waals surface area contributed by atoms with E-state index >= 15 is 0 Å². The number of hydrogen-bond acceptors (Lipinski definition) is 4. The zero-order valence-electron chi connectivity index (χ0n) is 13.9. The van der Waals surface area contributed by atoms with Gasteiger partial charge in [-0.15, -0.1) is 0 Å². The van der Waals surface area contributed by atoms with Crippen LogP contribution in [0.3, 0.4) is 0 Å². The highest BCUT2D eigenvalue weighted by atomic mass is 35.5. The molecule has 10 heteroatoms. The Hall–Kier alpha value is -1.06. The van der Waals surface area contributed by atoms with Crippen molar-refractivity contribution < 1.29 is 22.8 Å². The van der Waals surface area contributed by atoms with Crippen molar-refractivity contribution in [2.24, 2.45) is 0 Å². The first-order valence-electron chi connectivity index (χ1n) is 7.89. The van der Waals surface area contributed by atoms with Gasteiger partial charge in [-0.25, -0.2) is 8.42 Å². The van der Waals surface area contributed by atoms with Gasteiger partial charge in [-0.3, -0.25) is 9.10 Å². The number of anilines is 1. The van der Waals surface area contributed by atoms with E-state index in [0.29, 0.717) is 6.54 Å². The van der Waals surface area contributed by atoms with Crippen LogP contribution >= 0.6 is 23.2 Å². The van der Waals surface area contributed by atoms with Crippen molar-refractivity contribution in [1.29, 1.82) is 0 Å². The van der Waals surface area contributed by atoms with Crippen LogP contribution < -0.4 is 14.5 Å². The summed E-state index contributed by atoms with van der Waals surface area (Å²) in [5.41, 5.74) is 0.186. The molecular weight excluding hydrogens is 389 g/mol. The smallest absolute Gasteiger partial charge is 0.240 e. The molecule has 7 nitrogen and oxygen atoms in total. The molecule has 1 saturated heterocycles. The Balaban J connectivity index is 1.97. The Morgan fingerprint density at radius 3 is 2.64 bits per heavy atom. The van der Waals surface area contributed by atoms with Crippen LogP contribution in [0, 0.1) is 0 Å². The van der Waals surface area contributed by atoms with Gasteiger partial charge in [-0.1, -0.05) is 29.3 Å². The lowest BCUT2D eigenvalue weighted by Crippen LogP contribution is -3.14. The summed E-state index contributed by atoms with van der Waals surface area (Å²) in [4.78, 5) is 13.5. The number of carbonyl (C=O) groups is 1. The Morgan fingerprint density at radius 2 is 2.00 bits per heavy atom. The minimum atomic E-state index is -3.69. The number of ether oxygens (including phenoxy) is 1. The van der Waals surface area contributed by atoms with E-state index in [1.165, 1.54) is 11.0 Å². The average Bonchev–Trinajstić information content (AvgIpc) is 2.55. The van der Waals surface area contributed by atoms with Gasteiger partial charge in [-0.05, 0) is 12.1 Å². The highest BCUT2D eigenvalue weighted by molar-refractivity contribution is 7.92. The van der Waals surface area contributed by atoms with Gasteiger partial charge >= 0.3 is 0 Å². The number of morpholine rings is 1. The monoisotopic (exact) mass is 410 g/mol. The first-order chi connectivity index (χ1) is 11.8. The van der Waals surface area contributed by atoms with Crippen molar-refractivity contribution in [3.05, 3.63) is 28.2 Å². The highest BCUT2D eigenvalue weighted by Crippen LogP contribution is 2.33. The SMILES string of the molecule is CS(=O)(=O)N(CC(=O)NCC[NH+]1CCOCC1)c1cccc(Cl)c1Cl. The summed E-state index contributed by atoms with van der Waals surface area (Å²) in [7, 11) is -3.69. The molecule has 1 fully saturated rings. The fraction of sp³-hybridized carbons (Fsp3) is 0.533. The number of hydrogen-bond donors (Lipinski definition) is 2. The zero-order chi connectivity index (χ0) is 18.4. The minimum Gasteiger partial charge on any atom is -0.370 e. The fourth-order valence-corrected chi connectivity index (χ4v) is 3.85. The normalized spacial score (nSPS) is 15.8. The van der Waals surface area contributed by atoms with E-state index in [1.54, 1.807) is 12.1 Å². The summed E-state index contributed by atoms with van der Waals surface area (Å²) in [5.74, 6) is -0.394. The molecule has 2 rings (SSSR count). The van der Waals surface area contributed by atoms with Crippen LogP contribution in [-0.2, 0) is 19.6 Å². The van der Waals surface area contributed by atoms with Crippen molar-refractivity contribution in [3.63, 3.8) is 0 Å². The lowest BCUT2D eigenvalue weighted by Gasteiger charge is -2.25. The predicted octanol–water partition coefficient (Wildman–Crippen LogP) is -0.209. The standard InChI is InChI=1S/C15H21Cl2N3O4S/c1-25(22,23)20(13-4-2-3-12(16)15(13)17)11-14(21)18-5-6-19-7-9-24-10-8-19/h2-4H,5-11H2,1H3,(H,18,21)/p+1. The quantitative estimate of drug-likeness (QED) is 0.651. The summed E-state index contributed by atoms with van der Waals surface area (Å²) >= 11 is 12.0. The number of benzene rings is 1. The van der Waals surface area contributed by atoms with E-state index in [-0.39, 0.29) is 22.3 Å². The van der Waals surface area contributed by atoms with E-state index in [0.717, 1.165) is 43.4 Å². The topological polar surface area (TPSA) is 80.2 Å². The van der Waals surface area contributed by atoms with Crippen molar-refractivity contribution in [3.8, 4) is 0 Å². The second-order valence-electron chi connectivity index (χ2n) is 5.80. The molecule has 1 amide bonds. The van der Waals surface area contributed by atoms with Gasteiger partial charge in [0.2, 0.25) is 15.9 Å². The molecule has 0 unspecified atom stereocenters. The van der Waals surface area contributed by atoms with Crippen LogP contribution in [-0.4, -0.2) is 66.5 Å². The van der Waals surface area contributed by atoms with Crippen molar-refractivity contribution in [2.75, 3.05) is 56.5 Å². The third-order valence-electron chi connectivity index (χ3n) is 3.89. The molecule has 1 aromatic rings. The average molecular weight is 411 g/mol. The van der Waals surface area contributed by atoms with E-state index in [1.807, 2.05) is 0 Å². The second-order valence-corrected chi connectivity index (χ2v) is 8.50. The van der Waals surface area contributed by atoms with Crippen LogP contribution in [0.15, 0.2) is 18.2 Å². The molecule has 1 heterocycles. The Labute approximate surface area is 157 Å².